The average molecular weight is 194 g/mol. The van der Waals surface area contributed by atoms with Crippen LogP contribution >= 0.6 is 0 Å². The zero-order valence-electron chi connectivity index (χ0n) is 8.50. The second kappa shape index (κ2) is 4.74. The highest BCUT2D eigenvalue weighted by molar-refractivity contribution is 5.94. The molecule has 1 aliphatic rings. The molecule has 0 saturated heterocycles. The van der Waals surface area contributed by atoms with E-state index in [2.05, 4.69) is 0 Å². The van der Waals surface area contributed by atoms with Gasteiger partial charge in [0.2, 0.25) is 0 Å². The zero-order chi connectivity index (χ0) is 10.6. The number of carbonyl (C=O) groups excluding carboxylic acids is 2. The lowest BCUT2D eigenvalue weighted by molar-refractivity contribution is -0.135. The quantitative estimate of drug-likeness (QED) is 0.641. The Labute approximate surface area is 83.4 Å². The molecule has 14 heavy (non-hydrogen) atoms. The van der Waals surface area contributed by atoms with Crippen LogP contribution in [0.1, 0.15) is 26.7 Å². The van der Waals surface area contributed by atoms with Crippen LogP contribution in [-0.4, -0.2) is 18.4 Å². The molecule has 0 aromatic rings. The minimum atomic E-state index is -0.276. The third-order valence-corrected chi connectivity index (χ3v) is 2.09. The molecule has 0 N–H and O–H groups in total. The first-order valence-electron chi connectivity index (χ1n) is 4.66. The van der Waals surface area contributed by atoms with Gasteiger partial charge in [0.15, 0.2) is 0 Å². The molecule has 0 saturated carbocycles. The van der Waals surface area contributed by atoms with Crippen molar-refractivity contribution in [1.82, 2.24) is 0 Å². The predicted octanol–water partition coefficient (Wildman–Crippen LogP) is 1.79. The van der Waals surface area contributed by atoms with Crippen LogP contribution in [0.5, 0.6) is 0 Å². The summed E-state index contributed by atoms with van der Waals surface area (Å²) in [6.07, 6.45) is 4.65. The third kappa shape index (κ3) is 2.55. The van der Waals surface area contributed by atoms with Crippen LogP contribution in [0, 0.1) is 0 Å². The van der Waals surface area contributed by atoms with Gasteiger partial charge in [-0.3, -0.25) is 0 Å². The summed E-state index contributed by atoms with van der Waals surface area (Å²) in [6.45, 7) is 3.74. The number of hydrogen-bond donors (Lipinski definition) is 0. The van der Waals surface area contributed by atoms with E-state index in [4.69, 9.17) is 4.74 Å². The topological polar surface area (TPSA) is 43.4 Å². The molecule has 0 aromatic carbocycles. The van der Waals surface area contributed by atoms with Crippen LogP contribution in [0.15, 0.2) is 23.3 Å². The molecule has 0 aromatic heterocycles. The van der Waals surface area contributed by atoms with Crippen LogP contribution < -0.4 is 0 Å². The van der Waals surface area contributed by atoms with E-state index in [1.165, 1.54) is 0 Å². The van der Waals surface area contributed by atoms with Crippen molar-refractivity contribution in [1.29, 1.82) is 0 Å². The molecule has 0 spiro atoms. The SMILES string of the molecule is CC=CC1=C(CCC(C)=O)COC1=O. The fraction of sp³-hybridized carbons (Fsp3) is 0.455. The largest absolute Gasteiger partial charge is 0.458 e. The lowest BCUT2D eigenvalue weighted by atomic mass is 10.0. The second-order valence-corrected chi connectivity index (χ2v) is 3.30. The van der Waals surface area contributed by atoms with Crippen molar-refractivity contribution in [3.63, 3.8) is 0 Å². The Hall–Kier alpha value is -1.38. The van der Waals surface area contributed by atoms with E-state index in [1.54, 1.807) is 19.1 Å². The first-order valence-corrected chi connectivity index (χ1v) is 4.66. The molecule has 0 fully saturated rings. The lowest BCUT2D eigenvalue weighted by Gasteiger charge is -1.97. The summed E-state index contributed by atoms with van der Waals surface area (Å²) in [5, 5.41) is 0. The fourth-order valence-corrected chi connectivity index (χ4v) is 1.34. The number of rotatable bonds is 4. The molecule has 0 aliphatic carbocycles. The van der Waals surface area contributed by atoms with Gasteiger partial charge in [-0.1, -0.05) is 12.2 Å². The van der Waals surface area contributed by atoms with E-state index in [9.17, 15) is 9.59 Å². The van der Waals surface area contributed by atoms with Gasteiger partial charge in [0.1, 0.15) is 12.4 Å². The van der Waals surface area contributed by atoms with Gasteiger partial charge in [-0.15, -0.1) is 0 Å². The van der Waals surface area contributed by atoms with Crippen molar-refractivity contribution in [3.05, 3.63) is 23.3 Å². The first kappa shape index (κ1) is 10.7. The third-order valence-electron chi connectivity index (χ3n) is 2.09. The van der Waals surface area contributed by atoms with E-state index >= 15 is 0 Å². The Morgan fingerprint density at radius 3 is 2.86 bits per heavy atom. The molecule has 3 nitrogen and oxygen atoms in total. The zero-order valence-corrected chi connectivity index (χ0v) is 8.50. The number of Topliss-reactive ketones (excluding diaryl/α,β-unsaturated/α-hetero) is 1. The standard InChI is InChI=1S/C11H14O3/c1-3-4-10-9(6-5-8(2)12)7-14-11(10)13/h3-4H,5-7H2,1-2H3. The molecular formula is C11H14O3. The lowest BCUT2D eigenvalue weighted by Crippen LogP contribution is -1.96. The van der Waals surface area contributed by atoms with Gasteiger partial charge in [0.25, 0.3) is 0 Å². The number of ketones is 1. The number of ether oxygens (including phenoxy) is 1. The molecule has 0 atom stereocenters. The number of carbonyl (C=O) groups is 2. The molecule has 0 amide bonds. The van der Waals surface area contributed by atoms with Crippen LogP contribution in [0.2, 0.25) is 0 Å². The maximum absolute atomic E-state index is 11.2. The summed E-state index contributed by atoms with van der Waals surface area (Å²) in [6, 6.07) is 0. The van der Waals surface area contributed by atoms with Gasteiger partial charge < -0.3 is 9.53 Å². The van der Waals surface area contributed by atoms with E-state index < -0.39 is 0 Å². The fourth-order valence-electron chi connectivity index (χ4n) is 1.34. The summed E-state index contributed by atoms with van der Waals surface area (Å²) < 4.78 is 4.89. The van der Waals surface area contributed by atoms with Crippen LogP contribution in [0.25, 0.3) is 0 Å². The molecule has 76 valence electrons. The highest BCUT2D eigenvalue weighted by Gasteiger charge is 2.21. The van der Waals surface area contributed by atoms with Gasteiger partial charge in [0, 0.05) is 6.42 Å². The summed E-state index contributed by atoms with van der Waals surface area (Å²) in [7, 11) is 0. The molecule has 1 heterocycles. The van der Waals surface area contributed by atoms with Gasteiger partial charge in [0.05, 0.1) is 5.57 Å². The predicted molar refractivity (Wildman–Crippen MR) is 52.7 cm³/mol. The maximum atomic E-state index is 11.2. The van der Waals surface area contributed by atoms with Crippen molar-refractivity contribution in [2.45, 2.75) is 26.7 Å². The molecule has 1 rings (SSSR count). The normalized spacial score (nSPS) is 16.6. The monoisotopic (exact) mass is 194 g/mol. The van der Waals surface area contributed by atoms with Crippen LogP contribution in [0.3, 0.4) is 0 Å². The molecule has 1 aliphatic heterocycles. The van der Waals surface area contributed by atoms with Crippen LogP contribution in [-0.2, 0) is 14.3 Å². The Bertz CT molecular complexity index is 310. The Morgan fingerprint density at radius 1 is 1.57 bits per heavy atom. The molecule has 3 heteroatoms. The summed E-state index contributed by atoms with van der Waals surface area (Å²) >= 11 is 0. The van der Waals surface area contributed by atoms with E-state index in [0.717, 1.165) is 5.57 Å². The highest BCUT2D eigenvalue weighted by atomic mass is 16.5. The summed E-state index contributed by atoms with van der Waals surface area (Å²) in [5.41, 5.74) is 1.55. The minimum Gasteiger partial charge on any atom is -0.458 e. The van der Waals surface area contributed by atoms with Crippen molar-refractivity contribution >= 4 is 11.8 Å². The van der Waals surface area contributed by atoms with Crippen molar-refractivity contribution in [3.8, 4) is 0 Å². The highest BCUT2D eigenvalue weighted by Crippen LogP contribution is 2.21. The van der Waals surface area contributed by atoms with Gasteiger partial charge in [-0.2, -0.15) is 0 Å². The second-order valence-electron chi connectivity index (χ2n) is 3.30. The van der Waals surface area contributed by atoms with Gasteiger partial charge in [-0.25, -0.2) is 4.79 Å². The average Bonchev–Trinajstić information content (AvgIpc) is 2.46. The number of cyclic esters (lactones) is 1. The molecule has 0 bridgehead atoms. The van der Waals surface area contributed by atoms with Gasteiger partial charge >= 0.3 is 5.97 Å². The maximum Gasteiger partial charge on any atom is 0.338 e. The van der Waals surface area contributed by atoms with Gasteiger partial charge in [-0.05, 0) is 25.8 Å². The summed E-state index contributed by atoms with van der Waals surface area (Å²) in [4.78, 5) is 22.0. The number of hydrogen-bond acceptors (Lipinski definition) is 3. The minimum absolute atomic E-state index is 0.136. The first-order chi connectivity index (χ1) is 6.65. The molecule has 0 radical (unpaired) electrons. The van der Waals surface area contributed by atoms with Crippen LogP contribution in [0.4, 0.5) is 0 Å². The van der Waals surface area contributed by atoms with Crippen molar-refractivity contribution in [2.75, 3.05) is 6.61 Å². The van der Waals surface area contributed by atoms with Crippen molar-refractivity contribution < 1.29 is 14.3 Å². The number of esters is 1. The van der Waals surface area contributed by atoms with E-state index in [1.807, 2.05) is 6.92 Å². The smallest absolute Gasteiger partial charge is 0.338 e. The number of allylic oxidation sites excluding steroid dienone is 1. The Morgan fingerprint density at radius 2 is 2.29 bits per heavy atom. The summed E-state index contributed by atoms with van der Waals surface area (Å²) in [5.74, 6) is -0.140. The van der Waals surface area contributed by atoms with E-state index in [-0.39, 0.29) is 11.8 Å². The van der Waals surface area contributed by atoms with Crippen molar-refractivity contribution in [2.24, 2.45) is 0 Å². The molecule has 0 unspecified atom stereocenters. The van der Waals surface area contributed by atoms with E-state index in [0.29, 0.717) is 25.0 Å². The Balaban J connectivity index is 2.72. The Kier molecular flexibility index (Phi) is 3.63. The molecular weight excluding hydrogens is 180 g/mol.